The molecule has 0 saturated heterocycles. The Morgan fingerprint density at radius 3 is 2.87 bits per heavy atom. The first-order chi connectivity index (χ1) is 7.18. The first-order valence-corrected chi connectivity index (χ1v) is 5.05. The highest BCUT2D eigenvalue weighted by Crippen LogP contribution is 2.39. The Hall–Kier alpha value is -1.35. The number of hydrogen-bond acceptors (Lipinski definition) is 2. The topological polar surface area (TPSA) is 33.4 Å². The number of rotatable bonds is 2. The van der Waals surface area contributed by atoms with Crippen LogP contribution in [0.4, 0.5) is 4.39 Å². The van der Waals surface area contributed by atoms with E-state index in [0.29, 0.717) is 23.0 Å². The van der Waals surface area contributed by atoms with Gasteiger partial charge in [-0.15, -0.1) is 0 Å². The molecular weight excluding hydrogens is 195 g/mol. The Labute approximate surface area is 86.3 Å². The maximum Gasteiger partial charge on any atom is 0.137 e. The molecule has 1 aromatic heterocycles. The largest absolute Gasteiger partial charge is 0.464 e. The Morgan fingerprint density at radius 1 is 1.33 bits per heavy atom. The fraction of sp³-hybridized carbons (Fsp3) is 0.333. The minimum Gasteiger partial charge on any atom is -0.464 e. The van der Waals surface area contributed by atoms with E-state index >= 15 is 0 Å². The van der Waals surface area contributed by atoms with E-state index < -0.39 is 5.60 Å². The molecule has 78 valence electrons. The molecule has 3 rings (SSSR count). The van der Waals surface area contributed by atoms with Gasteiger partial charge in [-0.05, 0) is 30.5 Å². The highest BCUT2D eigenvalue weighted by Gasteiger charge is 2.40. The summed E-state index contributed by atoms with van der Waals surface area (Å²) in [5.74, 6) is -0.262. The lowest BCUT2D eigenvalue weighted by atomic mass is 10.0. The van der Waals surface area contributed by atoms with Crippen LogP contribution in [-0.2, 0) is 6.42 Å². The van der Waals surface area contributed by atoms with Crippen LogP contribution >= 0.6 is 0 Å². The van der Waals surface area contributed by atoms with E-state index in [9.17, 15) is 9.50 Å². The van der Waals surface area contributed by atoms with Crippen molar-refractivity contribution in [3.05, 3.63) is 35.8 Å². The van der Waals surface area contributed by atoms with Gasteiger partial charge in [0.05, 0.1) is 17.3 Å². The van der Waals surface area contributed by atoms with Crippen LogP contribution in [0.1, 0.15) is 18.4 Å². The van der Waals surface area contributed by atoms with E-state index in [1.165, 1.54) is 6.26 Å². The third-order valence-corrected chi connectivity index (χ3v) is 3.00. The van der Waals surface area contributed by atoms with Crippen LogP contribution in [0.3, 0.4) is 0 Å². The van der Waals surface area contributed by atoms with Gasteiger partial charge in [0.15, 0.2) is 0 Å². The third-order valence-electron chi connectivity index (χ3n) is 3.00. The monoisotopic (exact) mass is 206 g/mol. The summed E-state index contributed by atoms with van der Waals surface area (Å²) < 4.78 is 19.0. The molecule has 0 atom stereocenters. The standard InChI is InChI=1S/C12H11FO2/c13-11-8(7-12(14)4-5-12)1-2-10-9(11)3-6-15-10/h1-3,6,14H,4-5,7H2. The molecule has 1 aliphatic rings. The lowest BCUT2D eigenvalue weighted by molar-refractivity contribution is 0.150. The molecule has 0 amide bonds. The predicted octanol–water partition coefficient (Wildman–Crippen LogP) is 2.64. The van der Waals surface area contributed by atoms with Crippen molar-refractivity contribution in [2.45, 2.75) is 24.9 Å². The number of furan rings is 1. The summed E-state index contributed by atoms with van der Waals surface area (Å²) in [5, 5.41) is 10.2. The SMILES string of the molecule is OC1(Cc2ccc3occc3c2F)CC1. The fourth-order valence-corrected chi connectivity index (χ4v) is 1.87. The number of benzene rings is 1. The molecular formula is C12H11FO2. The van der Waals surface area contributed by atoms with Crippen LogP contribution < -0.4 is 0 Å². The summed E-state index contributed by atoms with van der Waals surface area (Å²) in [6, 6.07) is 5.06. The molecule has 1 aromatic carbocycles. The van der Waals surface area contributed by atoms with Crippen LogP contribution in [0, 0.1) is 5.82 Å². The van der Waals surface area contributed by atoms with Gasteiger partial charge in [0, 0.05) is 6.42 Å². The smallest absolute Gasteiger partial charge is 0.137 e. The van der Waals surface area contributed by atoms with Gasteiger partial charge in [0.1, 0.15) is 11.4 Å². The zero-order valence-electron chi connectivity index (χ0n) is 8.16. The van der Waals surface area contributed by atoms with Crippen molar-refractivity contribution in [3.63, 3.8) is 0 Å². The van der Waals surface area contributed by atoms with Crippen LogP contribution in [0.25, 0.3) is 11.0 Å². The molecule has 0 aliphatic heterocycles. The van der Waals surface area contributed by atoms with Gasteiger partial charge in [-0.25, -0.2) is 4.39 Å². The van der Waals surface area contributed by atoms with Gasteiger partial charge in [0.25, 0.3) is 0 Å². The molecule has 0 bridgehead atoms. The Bertz CT molecular complexity index is 511. The van der Waals surface area contributed by atoms with Gasteiger partial charge in [-0.3, -0.25) is 0 Å². The van der Waals surface area contributed by atoms with Crippen LogP contribution in [-0.4, -0.2) is 10.7 Å². The summed E-state index contributed by atoms with van der Waals surface area (Å²) in [5.41, 5.74) is 0.473. The molecule has 0 unspecified atom stereocenters. The van der Waals surface area contributed by atoms with Gasteiger partial charge < -0.3 is 9.52 Å². The number of aliphatic hydroxyl groups is 1. The van der Waals surface area contributed by atoms with Gasteiger partial charge in [-0.1, -0.05) is 6.07 Å². The molecule has 0 spiro atoms. The zero-order chi connectivity index (χ0) is 10.5. The molecule has 3 heteroatoms. The predicted molar refractivity (Wildman–Crippen MR) is 54.1 cm³/mol. The van der Waals surface area contributed by atoms with Crippen molar-refractivity contribution in [1.29, 1.82) is 0 Å². The zero-order valence-corrected chi connectivity index (χ0v) is 8.16. The average Bonchev–Trinajstić information content (AvgIpc) is 2.78. The lowest BCUT2D eigenvalue weighted by Crippen LogP contribution is -2.11. The quantitative estimate of drug-likeness (QED) is 0.819. The van der Waals surface area contributed by atoms with Crippen LogP contribution in [0.2, 0.25) is 0 Å². The maximum absolute atomic E-state index is 13.9. The summed E-state index contributed by atoms with van der Waals surface area (Å²) in [4.78, 5) is 0. The summed E-state index contributed by atoms with van der Waals surface area (Å²) in [7, 11) is 0. The number of fused-ring (bicyclic) bond motifs is 1. The van der Waals surface area contributed by atoms with Crippen LogP contribution in [0.5, 0.6) is 0 Å². The van der Waals surface area contributed by atoms with Gasteiger partial charge >= 0.3 is 0 Å². The summed E-state index contributed by atoms with van der Waals surface area (Å²) >= 11 is 0. The molecule has 0 radical (unpaired) electrons. The normalized spacial score (nSPS) is 18.3. The number of hydrogen-bond donors (Lipinski definition) is 1. The van der Waals surface area contributed by atoms with Crippen molar-refractivity contribution >= 4 is 11.0 Å². The second-order valence-corrected chi connectivity index (χ2v) is 4.27. The molecule has 2 nitrogen and oxygen atoms in total. The first-order valence-electron chi connectivity index (χ1n) is 5.05. The van der Waals surface area contributed by atoms with E-state index in [4.69, 9.17) is 4.42 Å². The summed E-state index contributed by atoms with van der Waals surface area (Å²) in [6.45, 7) is 0. The fourth-order valence-electron chi connectivity index (χ4n) is 1.87. The highest BCUT2D eigenvalue weighted by atomic mass is 19.1. The van der Waals surface area contributed by atoms with Crippen molar-refractivity contribution in [1.82, 2.24) is 0 Å². The Kier molecular flexibility index (Phi) is 1.68. The second kappa shape index (κ2) is 2.83. The van der Waals surface area contributed by atoms with Crippen molar-refractivity contribution < 1.29 is 13.9 Å². The Balaban J connectivity index is 2.06. The summed E-state index contributed by atoms with van der Waals surface area (Å²) in [6.07, 6.45) is 3.43. The highest BCUT2D eigenvalue weighted by molar-refractivity contribution is 5.78. The third kappa shape index (κ3) is 1.43. The molecule has 1 fully saturated rings. The van der Waals surface area contributed by atoms with E-state index in [-0.39, 0.29) is 5.82 Å². The molecule has 2 aromatic rings. The van der Waals surface area contributed by atoms with Crippen LogP contribution in [0.15, 0.2) is 28.9 Å². The van der Waals surface area contributed by atoms with Crippen molar-refractivity contribution in [2.24, 2.45) is 0 Å². The minimum absolute atomic E-state index is 0.262. The van der Waals surface area contributed by atoms with E-state index in [1.807, 2.05) is 0 Å². The van der Waals surface area contributed by atoms with E-state index in [2.05, 4.69) is 0 Å². The maximum atomic E-state index is 13.9. The lowest BCUT2D eigenvalue weighted by Gasteiger charge is -2.08. The van der Waals surface area contributed by atoms with E-state index in [1.54, 1.807) is 18.2 Å². The van der Waals surface area contributed by atoms with Gasteiger partial charge in [-0.2, -0.15) is 0 Å². The molecule has 1 saturated carbocycles. The van der Waals surface area contributed by atoms with E-state index in [0.717, 1.165) is 12.8 Å². The second-order valence-electron chi connectivity index (χ2n) is 4.27. The molecule has 1 N–H and O–H groups in total. The molecule has 1 heterocycles. The molecule has 1 aliphatic carbocycles. The molecule has 15 heavy (non-hydrogen) atoms. The number of halogens is 1. The average molecular weight is 206 g/mol. The van der Waals surface area contributed by atoms with Gasteiger partial charge in [0.2, 0.25) is 0 Å². The minimum atomic E-state index is -0.655. The Morgan fingerprint density at radius 2 is 2.13 bits per heavy atom. The first kappa shape index (κ1) is 8.92. The van der Waals surface area contributed by atoms with Crippen molar-refractivity contribution in [2.75, 3.05) is 0 Å². The van der Waals surface area contributed by atoms with Crippen molar-refractivity contribution in [3.8, 4) is 0 Å².